The molecule has 0 N–H and O–H groups in total. The lowest BCUT2D eigenvalue weighted by atomic mass is 10.1. The van der Waals surface area contributed by atoms with E-state index >= 15 is 0 Å². The molecule has 0 unspecified atom stereocenters. The standard InChI is InChI=1S/C39H39ClN2O5SSi/c1-27-24-29(42-25-30(47-38(42)45)18-20-34(43)35-21-22-36(40)48-35)17-19-33(27)41-23-11-12-28(37(41)44)26-46-49(39(2,3)4,31-13-7-5-8-14-31)32-15-9-6-10-16-32/h5-17,19,21-24,30H,18,20,25-26H2,1-4H3/t30-/m0/s1. The van der Waals surface area contributed by atoms with Crippen molar-refractivity contribution in [2.45, 2.75) is 58.3 Å². The molecule has 6 rings (SSSR count). The van der Waals surface area contributed by atoms with Gasteiger partial charge in [-0.15, -0.1) is 11.3 Å². The van der Waals surface area contributed by atoms with Gasteiger partial charge in [0, 0.05) is 23.9 Å². The fourth-order valence-electron chi connectivity index (χ4n) is 6.63. The molecular formula is C39H39ClN2O5SSi. The molecule has 10 heteroatoms. The molecule has 5 aromatic rings. The van der Waals surface area contributed by atoms with Crippen LogP contribution in [0.15, 0.2) is 114 Å². The maximum atomic E-state index is 14.0. The van der Waals surface area contributed by atoms with Gasteiger partial charge < -0.3 is 9.16 Å². The Morgan fingerprint density at radius 1 is 0.939 bits per heavy atom. The van der Waals surface area contributed by atoms with Gasteiger partial charge in [0.25, 0.3) is 13.9 Å². The summed E-state index contributed by atoms with van der Waals surface area (Å²) in [5.41, 5.74) is 2.61. The van der Waals surface area contributed by atoms with Gasteiger partial charge in [-0.05, 0) is 76.8 Å². The highest BCUT2D eigenvalue weighted by molar-refractivity contribution is 7.18. The molecule has 3 heterocycles. The van der Waals surface area contributed by atoms with Crippen LogP contribution in [0.3, 0.4) is 0 Å². The topological polar surface area (TPSA) is 77.8 Å². The zero-order valence-electron chi connectivity index (χ0n) is 28.0. The fraction of sp³-hybridized carbons (Fsp3) is 0.256. The molecule has 3 aromatic carbocycles. The lowest BCUT2D eigenvalue weighted by Gasteiger charge is -2.43. The van der Waals surface area contributed by atoms with Crippen LogP contribution >= 0.6 is 22.9 Å². The van der Waals surface area contributed by atoms with Crippen molar-refractivity contribution in [3.8, 4) is 5.69 Å². The van der Waals surface area contributed by atoms with Gasteiger partial charge in [-0.25, -0.2) is 4.79 Å². The second-order valence-electron chi connectivity index (χ2n) is 13.3. The Kier molecular flexibility index (Phi) is 10.1. The number of hydrogen-bond acceptors (Lipinski definition) is 6. The van der Waals surface area contributed by atoms with E-state index in [9.17, 15) is 14.4 Å². The number of carbonyl (C=O) groups excluding carboxylic acids is 2. The number of amides is 1. The van der Waals surface area contributed by atoms with Crippen LogP contribution in [0.25, 0.3) is 5.69 Å². The van der Waals surface area contributed by atoms with E-state index in [1.807, 2.05) is 73.7 Å². The second-order valence-corrected chi connectivity index (χ2v) is 19.3. The van der Waals surface area contributed by atoms with Crippen molar-refractivity contribution in [3.63, 3.8) is 0 Å². The smallest absolute Gasteiger partial charge is 0.414 e. The van der Waals surface area contributed by atoms with Gasteiger partial charge in [0.1, 0.15) is 6.10 Å². The number of nitrogens with zero attached hydrogens (tertiary/aromatic N) is 2. The zero-order chi connectivity index (χ0) is 34.8. The summed E-state index contributed by atoms with van der Waals surface area (Å²) in [6.07, 6.45) is 1.59. The van der Waals surface area contributed by atoms with E-state index in [2.05, 4.69) is 45.0 Å². The minimum absolute atomic E-state index is 0.0174. The number of halogens is 1. The molecule has 0 spiro atoms. The normalized spacial score (nSPS) is 15.0. The predicted molar refractivity (Wildman–Crippen MR) is 200 cm³/mol. The highest BCUT2D eigenvalue weighted by atomic mass is 35.5. The van der Waals surface area contributed by atoms with Gasteiger partial charge in [0.2, 0.25) is 0 Å². The highest BCUT2D eigenvalue weighted by Crippen LogP contribution is 2.37. The number of aromatic nitrogens is 1. The number of benzene rings is 3. The SMILES string of the molecule is Cc1cc(N2C[C@H](CCC(=O)c3ccc(Cl)s3)OC2=O)ccc1-n1cccc(CO[Si](c2ccccc2)(c2ccccc2)C(C)(C)C)c1=O. The molecule has 1 aliphatic heterocycles. The molecule has 2 aromatic heterocycles. The van der Waals surface area contributed by atoms with E-state index in [1.54, 1.807) is 27.8 Å². The van der Waals surface area contributed by atoms with E-state index < -0.39 is 20.5 Å². The number of ketones is 1. The number of pyridine rings is 1. The summed E-state index contributed by atoms with van der Waals surface area (Å²) in [7, 11) is -2.85. The number of cyclic esters (lactones) is 1. The van der Waals surface area contributed by atoms with Gasteiger partial charge in [-0.3, -0.25) is 19.1 Å². The summed E-state index contributed by atoms with van der Waals surface area (Å²) in [5.74, 6) is -0.0174. The fourth-order valence-corrected chi connectivity index (χ4v) is 12.2. The number of rotatable bonds is 11. The monoisotopic (exact) mass is 710 g/mol. The van der Waals surface area contributed by atoms with Crippen LogP contribution in [0.4, 0.5) is 10.5 Å². The molecule has 1 aliphatic rings. The van der Waals surface area contributed by atoms with Crippen LogP contribution in [-0.4, -0.2) is 37.4 Å². The molecule has 49 heavy (non-hydrogen) atoms. The van der Waals surface area contributed by atoms with Crippen molar-refractivity contribution in [3.05, 3.63) is 140 Å². The Morgan fingerprint density at radius 3 is 2.20 bits per heavy atom. The second kappa shape index (κ2) is 14.3. The van der Waals surface area contributed by atoms with Crippen molar-refractivity contribution in [1.29, 1.82) is 0 Å². The molecule has 1 atom stereocenters. The first kappa shape index (κ1) is 34.6. The number of anilines is 1. The van der Waals surface area contributed by atoms with Gasteiger partial charge in [-0.1, -0.05) is 93.0 Å². The third-order valence-electron chi connectivity index (χ3n) is 9.05. The first-order valence-corrected chi connectivity index (χ1v) is 19.4. The summed E-state index contributed by atoms with van der Waals surface area (Å²) in [5, 5.41) is 2.08. The molecule has 0 bridgehead atoms. The Balaban J connectivity index is 1.21. The predicted octanol–water partition coefficient (Wildman–Crippen LogP) is 7.93. The van der Waals surface area contributed by atoms with Crippen molar-refractivity contribution >= 4 is 59.2 Å². The van der Waals surface area contributed by atoms with Gasteiger partial charge in [0.15, 0.2) is 5.78 Å². The molecule has 1 fully saturated rings. The van der Waals surface area contributed by atoms with E-state index in [0.717, 1.165) is 15.9 Å². The van der Waals surface area contributed by atoms with Gasteiger partial charge in [0.05, 0.1) is 28.1 Å². The van der Waals surface area contributed by atoms with Gasteiger partial charge in [-0.2, -0.15) is 0 Å². The summed E-state index contributed by atoms with van der Waals surface area (Å²) < 4.78 is 14.9. The van der Waals surface area contributed by atoms with E-state index in [-0.39, 0.29) is 29.4 Å². The van der Waals surface area contributed by atoms with Crippen molar-refractivity contribution in [2.75, 3.05) is 11.4 Å². The zero-order valence-corrected chi connectivity index (χ0v) is 30.6. The van der Waals surface area contributed by atoms with Gasteiger partial charge >= 0.3 is 6.09 Å². The third-order valence-corrected chi connectivity index (χ3v) is 15.3. The van der Waals surface area contributed by atoms with Crippen molar-refractivity contribution in [2.24, 2.45) is 0 Å². The number of Topliss-reactive ketones (excluding diaryl/α,β-unsaturated/α-hetero) is 1. The average Bonchev–Trinajstić information content (AvgIpc) is 3.70. The molecule has 7 nitrogen and oxygen atoms in total. The minimum atomic E-state index is -2.85. The van der Waals surface area contributed by atoms with Crippen LogP contribution in [0, 0.1) is 6.92 Å². The van der Waals surface area contributed by atoms with E-state index in [0.29, 0.717) is 39.1 Å². The number of thiophene rings is 1. The van der Waals surface area contributed by atoms with Crippen molar-refractivity contribution < 1.29 is 18.8 Å². The lowest BCUT2D eigenvalue weighted by Crippen LogP contribution is -2.66. The summed E-state index contributed by atoms with van der Waals surface area (Å²) >= 11 is 7.22. The van der Waals surface area contributed by atoms with E-state index in [4.69, 9.17) is 20.8 Å². The maximum Gasteiger partial charge on any atom is 0.414 e. The van der Waals surface area contributed by atoms with Crippen LogP contribution in [0.2, 0.25) is 9.37 Å². The Bertz CT molecular complexity index is 1980. The molecule has 0 aliphatic carbocycles. The molecule has 1 amide bonds. The maximum absolute atomic E-state index is 14.0. The molecule has 1 saturated heterocycles. The van der Waals surface area contributed by atoms with E-state index in [1.165, 1.54) is 11.3 Å². The summed E-state index contributed by atoms with van der Waals surface area (Å²) in [4.78, 5) is 41.6. The third kappa shape index (κ3) is 7.07. The average molecular weight is 711 g/mol. The number of carbonyl (C=O) groups is 2. The Labute approximate surface area is 296 Å². The quantitative estimate of drug-likeness (QED) is 0.103. The molecule has 0 radical (unpaired) electrons. The Morgan fingerprint density at radius 2 is 1.61 bits per heavy atom. The van der Waals surface area contributed by atoms with Crippen molar-refractivity contribution in [1.82, 2.24) is 4.57 Å². The summed E-state index contributed by atoms with van der Waals surface area (Å²) in [6.45, 7) is 9.06. The number of hydrogen-bond donors (Lipinski definition) is 0. The first-order valence-electron chi connectivity index (χ1n) is 16.3. The first-order chi connectivity index (χ1) is 23.5. The number of aryl methyl sites for hydroxylation is 1. The largest absolute Gasteiger partial charge is 0.444 e. The molecular weight excluding hydrogens is 672 g/mol. The van der Waals surface area contributed by atoms with Crippen LogP contribution in [0.5, 0.6) is 0 Å². The molecule has 252 valence electrons. The molecule has 0 saturated carbocycles. The minimum Gasteiger partial charge on any atom is -0.444 e. The van der Waals surface area contributed by atoms with Crippen LogP contribution in [0.1, 0.15) is 54.4 Å². The van der Waals surface area contributed by atoms with Crippen LogP contribution in [-0.2, 0) is 15.8 Å². The Hall–Kier alpha value is -4.28. The van der Waals surface area contributed by atoms with Crippen LogP contribution < -0.4 is 20.8 Å². The highest BCUT2D eigenvalue weighted by Gasteiger charge is 2.50. The lowest BCUT2D eigenvalue weighted by molar-refractivity contribution is 0.0943. The number of ether oxygens (including phenoxy) is 1. The summed E-state index contributed by atoms with van der Waals surface area (Å²) in [6, 6.07) is 33.4.